The summed E-state index contributed by atoms with van der Waals surface area (Å²) in [6.45, 7) is 7.52. The summed E-state index contributed by atoms with van der Waals surface area (Å²) in [5, 5.41) is 9.81. The summed E-state index contributed by atoms with van der Waals surface area (Å²) >= 11 is 0. The summed E-state index contributed by atoms with van der Waals surface area (Å²) in [5.41, 5.74) is 7.39. The van der Waals surface area contributed by atoms with Crippen molar-refractivity contribution in [2.24, 2.45) is 11.1 Å². The lowest BCUT2D eigenvalue weighted by Gasteiger charge is -2.43. The number of likely N-dealkylation sites (tertiary alicyclic amines) is 1. The second-order valence-electron chi connectivity index (χ2n) is 6.66. The molecule has 1 aromatic carbocycles. The van der Waals surface area contributed by atoms with Gasteiger partial charge in [-0.05, 0) is 36.9 Å². The molecule has 2 rings (SSSR count). The van der Waals surface area contributed by atoms with Crippen LogP contribution in [0.3, 0.4) is 0 Å². The van der Waals surface area contributed by atoms with E-state index in [0.29, 0.717) is 5.41 Å². The van der Waals surface area contributed by atoms with Crippen LogP contribution in [0.1, 0.15) is 45.1 Å². The van der Waals surface area contributed by atoms with Crippen LogP contribution in [0.15, 0.2) is 30.3 Å². The van der Waals surface area contributed by atoms with Crippen molar-refractivity contribution in [3.8, 4) is 0 Å². The van der Waals surface area contributed by atoms with E-state index in [9.17, 15) is 5.11 Å². The molecule has 0 amide bonds. The number of piperidine rings is 1. The highest BCUT2D eigenvalue weighted by atomic mass is 16.3. The van der Waals surface area contributed by atoms with Gasteiger partial charge in [-0.3, -0.25) is 0 Å². The number of rotatable bonds is 6. The Morgan fingerprint density at radius 2 is 1.71 bits per heavy atom. The molecule has 1 aromatic rings. The molecule has 0 saturated carbocycles. The number of nitrogens with two attached hydrogens (primary N) is 1. The maximum absolute atomic E-state index is 9.81. The molecule has 1 saturated heterocycles. The lowest BCUT2D eigenvalue weighted by molar-refractivity contribution is 0.0638. The van der Waals surface area contributed by atoms with Crippen LogP contribution >= 0.6 is 0 Å². The molecule has 1 fully saturated rings. The zero-order chi connectivity index (χ0) is 15.3. The minimum absolute atomic E-state index is 0.0137. The predicted molar refractivity (Wildman–Crippen MR) is 88.1 cm³/mol. The van der Waals surface area contributed by atoms with Crippen molar-refractivity contribution in [3.63, 3.8) is 0 Å². The monoisotopic (exact) mass is 290 g/mol. The average molecular weight is 290 g/mol. The SMILES string of the molecule is CCC1(CC)CCN(CC(N)(CO)c2ccccc2)CC1. The summed E-state index contributed by atoms with van der Waals surface area (Å²) in [5.74, 6) is 0. The van der Waals surface area contributed by atoms with Gasteiger partial charge in [0.15, 0.2) is 0 Å². The van der Waals surface area contributed by atoms with E-state index in [1.54, 1.807) is 0 Å². The van der Waals surface area contributed by atoms with Gasteiger partial charge in [-0.25, -0.2) is 0 Å². The van der Waals surface area contributed by atoms with E-state index in [2.05, 4.69) is 18.7 Å². The number of aliphatic hydroxyl groups excluding tert-OH is 1. The number of hydrogen-bond donors (Lipinski definition) is 2. The molecule has 1 aliphatic rings. The maximum atomic E-state index is 9.81. The fraction of sp³-hybridized carbons (Fsp3) is 0.667. The lowest BCUT2D eigenvalue weighted by Crippen LogP contribution is -2.53. The van der Waals surface area contributed by atoms with Crippen molar-refractivity contribution < 1.29 is 5.11 Å². The third-order valence-electron chi connectivity index (χ3n) is 5.55. The summed E-state index contributed by atoms with van der Waals surface area (Å²) in [4.78, 5) is 2.42. The maximum Gasteiger partial charge on any atom is 0.0772 e. The smallest absolute Gasteiger partial charge is 0.0772 e. The first kappa shape index (κ1) is 16.5. The Morgan fingerprint density at radius 3 is 2.19 bits per heavy atom. The molecule has 1 aliphatic heterocycles. The van der Waals surface area contributed by atoms with Crippen LogP contribution in [0.2, 0.25) is 0 Å². The second kappa shape index (κ2) is 6.91. The molecule has 3 nitrogen and oxygen atoms in total. The normalized spacial score (nSPS) is 21.9. The van der Waals surface area contributed by atoms with E-state index in [1.807, 2.05) is 30.3 Å². The Hall–Kier alpha value is -0.900. The standard InChI is InChI=1S/C18H30N2O/c1-3-17(4-2)10-12-20(13-11-17)14-18(19,15-21)16-8-6-5-7-9-16/h5-9,21H,3-4,10-15,19H2,1-2H3. The summed E-state index contributed by atoms with van der Waals surface area (Å²) in [6.07, 6.45) is 5.03. The topological polar surface area (TPSA) is 49.5 Å². The van der Waals surface area contributed by atoms with Gasteiger partial charge < -0.3 is 15.7 Å². The van der Waals surface area contributed by atoms with Gasteiger partial charge in [-0.1, -0.05) is 57.0 Å². The van der Waals surface area contributed by atoms with Crippen LogP contribution in [0.5, 0.6) is 0 Å². The van der Waals surface area contributed by atoms with Crippen LogP contribution in [0.25, 0.3) is 0 Å². The van der Waals surface area contributed by atoms with E-state index in [-0.39, 0.29) is 6.61 Å². The summed E-state index contributed by atoms with van der Waals surface area (Å²) < 4.78 is 0. The molecule has 1 heterocycles. The molecule has 0 spiro atoms. The van der Waals surface area contributed by atoms with Crippen LogP contribution in [0, 0.1) is 5.41 Å². The van der Waals surface area contributed by atoms with E-state index in [1.165, 1.54) is 25.7 Å². The molecule has 0 aromatic heterocycles. The van der Waals surface area contributed by atoms with Gasteiger partial charge in [0.25, 0.3) is 0 Å². The summed E-state index contributed by atoms with van der Waals surface area (Å²) in [7, 11) is 0. The molecule has 0 radical (unpaired) electrons. The van der Waals surface area contributed by atoms with Gasteiger partial charge in [0.2, 0.25) is 0 Å². The molecule has 0 aliphatic carbocycles. The van der Waals surface area contributed by atoms with Crippen LogP contribution < -0.4 is 5.73 Å². The van der Waals surface area contributed by atoms with Crippen LogP contribution in [-0.4, -0.2) is 36.2 Å². The lowest BCUT2D eigenvalue weighted by atomic mass is 9.74. The van der Waals surface area contributed by atoms with Gasteiger partial charge in [0.05, 0.1) is 12.1 Å². The number of benzene rings is 1. The number of nitrogens with zero attached hydrogens (tertiary/aromatic N) is 1. The zero-order valence-corrected chi connectivity index (χ0v) is 13.5. The molecule has 118 valence electrons. The van der Waals surface area contributed by atoms with Crippen LogP contribution in [-0.2, 0) is 5.54 Å². The summed E-state index contributed by atoms with van der Waals surface area (Å²) in [6, 6.07) is 9.99. The van der Waals surface area contributed by atoms with E-state index in [0.717, 1.165) is 25.2 Å². The fourth-order valence-corrected chi connectivity index (χ4v) is 3.54. The Morgan fingerprint density at radius 1 is 1.14 bits per heavy atom. The van der Waals surface area contributed by atoms with Crippen molar-refractivity contribution >= 4 is 0 Å². The Labute approximate surface area is 129 Å². The molecule has 3 heteroatoms. The first-order chi connectivity index (χ1) is 10.1. The molecular weight excluding hydrogens is 260 g/mol. The van der Waals surface area contributed by atoms with Crippen LogP contribution in [0.4, 0.5) is 0 Å². The second-order valence-corrected chi connectivity index (χ2v) is 6.66. The third-order valence-corrected chi connectivity index (χ3v) is 5.55. The largest absolute Gasteiger partial charge is 0.394 e. The highest BCUT2D eigenvalue weighted by molar-refractivity contribution is 5.24. The molecule has 3 N–H and O–H groups in total. The van der Waals surface area contributed by atoms with Crippen molar-refractivity contribution in [2.45, 2.75) is 45.1 Å². The minimum Gasteiger partial charge on any atom is -0.394 e. The molecule has 0 bridgehead atoms. The zero-order valence-electron chi connectivity index (χ0n) is 13.5. The molecule has 1 unspecified atom stereocenters. The first-order valence-electron chi connectivity index (χ1n) is 8.25. The minimum atomic E-state index is -0.653. The van der Waals surface area contributed by atoms with Gasteiger partial charge >= 0.3 is 0 Å². The molecule has 1 atom stereocenters. The van der Waals surface area contributed by atoms with Gasteiger partial charge in [-0.15, -0.1) is 0 Å². The average Bonchev–Trinajstić information content (AvgIpc) is 2.56. The number of hydrogen-bond acceptors (Lipinski definition) is 3. The highest BCUT2D eigenvalue weighted by Crippen LogP contribution is 2.38. The third kappa shape index (κ3) is 3.65. The highest BCUT2D eigenvalue weighted by Gasteiger charge is 2.35. The van der Waals surface area contributed by atoms with Gasteiger partial charge in [0.1, 0.15) is 0 Å². The van der Waals surface area contributed by atoms with E-state index in [4.69, 9.17) is 5.73 Å². The first-order valence-corrected chi connectivity index (χ1v) is 8.25. The predicted octanol–water partition coefficient (Wildman–Crippen LogP) is 2.74. The van der Waals surface area contributed by atoms with Crippen molar-refractivity contribution in [2.75, 3.05) is 26.2 Å². The number of aliphatic hydroxyl groups is 1. The fourth-order valence-electron chi connectivity index (χ4n) is 3.54. The van der Waals surface area contributed by atoms with Gasteiger partial charge in [-0.2, -0.15) is 0 Å². The Balaban J connectivity index is 2.01. The molecule has 21 heavy (non-hydrogen) atoms. The van der Waals surface area contributed by atoms with E-state index < -0.39 is 5.54 Å². The van der Waals surface area contributed by atoms with Crippen molar-refractivity contribution in [1.82, 2.24) is 4.90 Å². The van der Waals surface area contributed by atoms with Gasteiger partial charge in [0, 0.05) is 6.54 Å². The van der Waals surface area contributed by atoms with Crippen molar-refractivity contribution in [3.05, 3.63) is 35.9 Å². The molecular formula is C18H30N2O. The van der Waals surface area contributed by atoms with E-state index >= 15 is 0 Å². The van der Waals surface area contributed by atoms with Crippen molar-refractivity contribution in [1.29, 1.82) is 0 Å². The Kier molecular flexibility index (Phi) is 5.42. The Bertz CT molecular complexity index is 420. The quantitative estimate of drug-likeness (QED) is 0.847.